The van der Waals surface area contributed by atoms with E-state index in [0.717, 1.165) is 23.7 Å². The highest BCUT2D eigenvalue weighted by Gasteiger charge is 2.66. The molecule has 6 heteroatoms. The van der Waals surface area contributed by atoms with Gasteiger partial charge in [-0.2, -0.15) is 0 Å². The second kappa shape index (κ2) is 3.81. The Balaban J connectivity index is 1.53. The molecule has 5 rings (SSSR count). The number of nitrogen functional groups attached to an aromatic ring is 1. The summed E-state index contributed by atoms with van der Waals surface area (Å²) in [5.41, 5.74) is 6.39. The molecule has 3 aliphatic carbocycles. The normalized spacial score (nSPS) is 36.0. The van der Waals surface area contributed by atoms with E-state index >= 15 is 0 Å². The van der Waals surface area contributed by atoms with Crippen molar-refractivity contribution in [3.05, 3.63) is 24.0 Å². The summed E-state index contributed by atoms with van der Waals surface area (Å²) in [7, 11) is 0. The van der Waals surface area contributed by atoms with Gasteiger partial charge in [-0.3, -0.25) is 0 Å². The summed E-state index contributed by atoms with van der Waals surface area (Å²) in [5, 5.41) is 12.1. The van der Waals surface area contributed by atoms with Gasteiger partial charge >= 0.3 is 0 Å². The average molecular weight is 285 g/mol. The number of nitrogens with two attached hydrogens (primary N) is 1. The maximum absolute atomic E-state index is 13.7. The van der Waals surface area contributed by atoms with Crippen LogP contribution in [-0.4, -0.2) is 20.2 Å². The number of anilines is 1. The third kappa shape index (κ3) is 1.47. The van der Waals surface area contributed by atoms with Crippen molar-refractivity contribution in [3.8, 4) is 11.4 Å². The summed E-state index contributed by atoms with van der Waals surface area (Å²) in [6, 6.07) is 5.19. The van der Waals surface area contributed by atoms with E-state index in [9.17, 15) is 4.39 Å². The first-order valence-corrected chi connectivity index (χ1v) is 7.57. The minimum absolute atomic E-state index is 0.152. The highest BCUT2D eigenvalue weighted by Crippen LogP contribution is 2.71. The predicted molar refractivity (Wildman–Crippen MR) is 74.5 cm³/mol. The number of nitrogens with zero attached hydrogens (tertiary/aromatic N) is 4. The van der Waals surface area contributed by atoms with Crippen molar-refractivity contribution in [2.75, 3.05) is 5.73 Å². The minimum Gasteiger partial charge on any atom is -0.396 e. The second-order valence-electron chi connectivity index (χ2n) is 6.66. The second-order valence-corrected chi connectivity index (χ2v) is 6.66. The lowest BCUT2D eigenvalue weighted by Gasteiger charge is -2.10. The Morgan fingerprint density at radius 2 is 1.95 bits per heavy atom. The molecule has 108 valence electrons. The van der Waals surface area contributed by atoms with Crippen LogP contribution in [-0.2, 0) is 0 Å². The number of fused-ring (bicyclic) bond motifs is 5. The van der Waals surface area contributed by atoms with Crippen LogP contribution in [0.5, 0.6) is 0 Å². The number of benzene rings is 1. The molecule has 1 heterocycles. The average Bonchev–Trinajstić information content (AvgIpc) is 2.90. The highest BCUT2D eigenvalue weighted by molar-refractivity contribution is 5.59. The number of hydrogen-bond acceptors (Lipinski definition) is 4. The lowest BCUT2D eigenvalue weighted by Crippen LogP contribution is -2.08. The molecule has 3 saturated carbocycles. The molecular weight excluding hydrogens is 269 g/mol. The highest BCUT2D eigenvalue weighted by atomic mass is 19.1. The Bertz CT molecular complexity index is 711. The molecule has 0 amide bonds. The maximum atomic E-state index is 13.7. The van der Waals surface area contributed by atoms with Crippen LogP contribution < -0.4 is 5.73 Å². The van der Waals surface area contributed by atoms with E-state index < -0.39 is 5.82 Å². The third-order valence-electron chi connectivity index (χ3n) is 5.73. The molecule has 1 aromatic heterocycles. The predicted octanol–water partition coefficient (Wildman–Crippen LogP) is 2.28. The first kappa shape index (κ1) is 11.7. The lowest BCUT2D eigenvalue weighted by molar-refractivity contribution is 0.427. The molecule has 21 heavy (non-hydrogen) atoms. The fraction of sp³-hybridized carbons (Fsp3) is 0.533. The van der Waals surface area contributed by atoms with Gasteiger partial charge in [0.15, 0.2) is 5.82 Å². The Morgan fingerprint density at radius 1 is 1.19 bits per heavy atom. The van der Waals surface area contributed by atoms with Crippen molar-refractivity contribution in [3.63, 3.8) is 0 Å². The monoisotopic (exact) mass is 285 g/mol. The molecule has 2 N–H and O–H groups in total. The Labute approximate surface area is 121 Å². The van der Waals surface area contributed by atoms with E-state index in [-0.39, 0.29) is 5.69 Å². The van der Waals surface area contributed by atoms with Crippen molar-refractivity contribution in [1.82, 2.24) is 20.2 Å². The van der Waals surface area contributed by atoms with Gasteiger partial charge in [-0.25, -0.2) is 9.07 Å². The summed E-state index contributed by atoms with van der Waals surface area (Å²) in [4.78, 5) is 0. The number of rotatable bonds is 2. The van der Waals surface area contributed by atoms with E-state index in [0.29, 0.717) is 17.4 Å². The molecule has 4 atom stereocenters. The van der Waals surface area contributed by atoms with Crippen LogP contribution in [0.15, 0.2) is 18.2 Å². The molecule has 2 bridgehead atoms. The summed E-state index contributed by atoms with van der Waals surface area (Å²) < 4.78 is 15.6. The van der Waals surface area contributed by atoms with Crippen LogP contribution in [0, 0.1) is 29.5 Å². The smallest absolute Gasteiger partial charge is 0.182 e. The topological polar surface area (TPSA) is 69.6 Å². The number of halogens is 1. The summed E-state index contributed by atoms with van der Waals surface area (Å²) in [6.07, 6.45) is 4.10. The molecule has 0 spiro atoms. The van der Waals surface area contributed by atoms with Crippen LogP contribution in [0.25, 0.3) is 11.4 Å². The van der Waals surface area contributed by atoms with Crippen molar-refractivity contribution in [2.45, 2.75) is 25.3 Å². The number of aromatic nitrogens is 4. The van der Waals surface area contributed by atoms with Crippen molar-refractivity contribution >= 4 is 5.69 Å². The fourth-order valence-corrected chi connectivity index (χ4v) is 4.86. The van der Waals surface area contributed by atoms with E-state index in [1.807, 2.05) is 4.68 Å². The van der Waals surface area contributed by atoms with Gasteiger partial charge in [0.1, 0.15) is 5.82 Å². The van der Waals surface area contributed by atoms with Gasteiger partial charge in [-0.1, -0.05) is 0 Å². The Morgan fingerprint density at radius 3 is 2.67 bits per heavy atom. The van der Waals surface area contributed by atoms with Gasteiger partial charge in [0, 0.05) is 5.56 Å². The van der Waals surface area contributed by atoms with Gasteiger partial charge < -0.3 is 5.73 Å². The zero-order valence-corrected chi connectivity index (χ0v) is 11.5. The van der Waals surface area contributed by atoms with Crippen molar-refractivity contribution in [1.29, 1.82) is 0 Å². The van der Waals surface area contributed by atoms with Crippen LogP contribution in [0.3, 0.4) is 0 Å². The lowest BCUT2D eigenvalue weighted by atomic mass is 10.0. The van der Waals surface area contributed by atoms with Gasteiger partial charge in [-0.15, -0.1) is 5.10 Å². The molecule has 4 unspecified atom stereocenters. The quantitative estimate of drug-likeness (QED) is 0.859. The first-order valence-electron chi connectivity index (χ1n) is 7.57. The molecule has 0 aliphatic heterocycles. The molecule has 3 fully saturated rings. The van der Waals surface area contributed by atoms with Crippen LogP contribution >= 0.6 is 0 Å². The standard InChI is InChI=1S/C15H16FN5/c16-10-6-9(3-4-11(10)17)15-18-19-20-21(15)14-12-7-1-2-8(5-7)13(12)14/h3-4,6-8,12-14H,1-2,5,17H2. The zero-order valence-electron chi connectivity index (χ0n) is 11.5. The van der Waals surface area contributed by atoms with Gasteiger partial charge in [0.2, 0.25) is 0 Å². The van der Waals surface area contributed by atoms with Crippen LogP contribution in [0.1, 0.15) is 25.3 Å². The summed E-state index contributed by atoms with van der Waals surface area (Å²) in [6.45, 7) is 0. The van der Waals surface area contributed by atoms with E-state index in [1.54, 1.807) is 12.1 Å². The molecular formula is C15H16FN5. The number of hydrogen-bond donors (Lipinski definition) is 1. The first-order chi connectivity index (χ1) is 10.2. The number of tetrazole rings is 1. The third-order valence-corrected chi connectivity index (χ3v) is 5.73. The Hall–Kier alpha value is -1.98. The van der Waals surface area contributed by atoms with Crippen LogP contribution in [0.2, 0.25) is 0 Å². The van der Waals surface area contributed by atoms with Gasteiger partial charge in [0.25, 0.3) is 0 Å². The molecule has 1 aromatic carbocycles. The van der Waals surface area contributed by atoms with E-state index in [4.69, 9.17) is 5.73 Å². The van der Waals surface area contributed by atoms with Crippen molar-refractivity contribution in [2.24, 2.45) is 23.7 Å². The van der Waals surface area contributed by atoms with Gasteiger partial charge in [0.05, 0.1) is 11.7 Å². The SMILES string of the molecule is Nc1ccc(-c2nnnn2C2C3C4CCC(C4)C32)cc1F. The van der Waals surface area contributed by atoms with Crippen LogP contribution in [0.4, 0.5) is 10.1 Å². The van der Waals surface area contributed by atoms with Crippen molar-refractivity contribution < 1.29 is 4.39 Å². The molecule has 5 nitrogen and oxygen atoms in total. The van der Waals surface area contributed by atoms with E-state index in [1.165, 1.54) is 25.3 Å². The zero-order chi connectivity index (χ0) is 14.1. The summed E-state index contributed by atoms with van der Waals surface area (Å²) >= 11 is 0. The summed E-state index contributed by atoms with van der Waals surface area (Å²) in [5.74, 6) is 3.43. The molecule has 2 aromatic rings. The largest absolute Gasteiger partial charge is 0.396 e. The Kier molecular flexibility index (Phi) is 2.11. The fourth-order valence-electron chi connectivity index (χ4n) is 4.86. The molecule has 0 saturated heterocycles. The molecule has 0 radical (unpaired) electrons. The van der Waals surface area contributed by atoms with Gasteiger partial charge in [-0.05, 0) is 71.6 Å². The maximum Gasteiger partial charge on any atom is 0.182 e. The minimum atomic E-state index is -0.418. The van der Waals surface area contributed by atoms with E-state index in [2.05, 4.69) is 15.5 Å². The molecule has 3 aliphatic rings.